The molecule has 2 aromatic carbocycles. The monoisotopic (exact) mass is 460 g/mol. The lowest BCUT2D eigenvalue weighted by molar-refractivity contribution is -0.126. The largest absolute Gasteiger partial charge is 0.497 e. The third kappa shape index (κ3) is 5.81. The van der Waals surface area contributed by atoms with Gasteiger partial charge in [0.25, 0.3) is 0 Å². The SMILES string of the molecule is COc1ccc(OC)c([C@H](C)NC(=O)C2CCN(S(=O)(=O)Cc3cccc(C)c3)CC2)c1. The lowest BCUT2D eigenvalue weighted by Crippen LogP contribution is -2.43. The number of methoxy groups -OCH3 is 2. The summed E-state index contributed by atoms with van der Waals surface area (Å²) in [6.07, 6.45) is 1.00. The Morgan fingerprint density at radius 1 is 1.12 bits per heavy atom. The molecule has 1 amide bonds. The summed E-state index contributed by atoms with van der Waals surface area (Å²) < 4.78 is 37.9. The Bertz CT molecular complexity index is 1050. The van der Waals surface area contributed by atoms with E-state index in [1.807, 2.05) is 56.3 Å². The van der Waals surface area contributed by atoms with Crippen LogP contribution in [0.2, 0.25) is 0 Å². The minimum atomic E-state index is -3.41. The van der Waals surface area contributed by atoms with Crippen LogP contribution in [0.4, 0.5) is 0 Å². The van der Waals surface area contributed by atoms with Gasteiger partial charge < -0.3 is 14.8 Å². The van der Waals surface area contributed by atoms with Crippen molar-refractivity contribution in [3.8, 4) is 11.5 Å². The Morgan fingerprint density at radius 2 is 1.84 bits per heavy atom. The van der Waals surface area contributed by atoms with Gasteiger partial charge in [0, 0.05) is 24.6 Å². The number of nitrogens with one attached hydrogen (secondary N) is 1. The normalized spacial score (nSPS) is 16.4. The zero-order chi connectivity index (χ0) is 23.3. The molecule has 1 heterocycles. The van der Waals surface area contributed by atoms with Crippen LogP contribution >= 0.6 is 0 Å². The molecule has 8 heteroatoms. The second kappa shape index (κ2) is 10.4. The maximum atomic E-state index is 12.9. The van der Waals surface area contributed by atoms with Gasteiger partial charge in [-0.15, -0.1) is 0 Å². The molecule has 3 rings (SSSR count). The molecule has 1 aliphatic heterocycles. The Labute approximate surface area is 190 Å². The van der Waals surface area contributed by atoms with Crippen molar-refractivity contribution in [1.82, 2.24) is 9.62 Å². The number of sulfonamides is 1. The number of rotatable bonds is 8. The molecule has 174 valence electrons. The van der Waals surface area contributed by atoms with Gasteiger partial charge in [0.15, 0.2) is 0 Å². The predicted molar refractivity (Wildman–Crippen MR) is 124 cm³/mol. The summed E-state index contributed by atoms with van der Waals surface area (Å²) in [6, 6.07) is 12.8. The van der Waals surface area contributed by atoms with Crippen LogP contribution in [0.15, 0.2) is 42.5 Å². The van der Waals surface area contributed by atoms with Crippen LogP contribution in [0.25, 0.3) is 0 Å². The van der Waals surface area contributed by atoms with E-state index < -0.39 is 10.0 Å². The number of hydrogen-bond acceptors (Lipinski definition) is 5. The van der Waals surface area contributed by atoms with E-state index in [1.165, 1.54) is 4.31 Å². The standard InChI is InChI=1S/C24H32N2O5S/c1-17-6-5-7-19(14-17)16-32(28,29)26-12-10-20(11-13-26)24(27)25-18(2)22-15-21(30-3)8-9-23(22)31-4/h5-9,14-15,18,20H,10-13,16H2,1-4H3,(H,25,27)/t18-/m0/s1. The zero-order valence-corrected chi connectivity index (χ0v) is 19.9. The molecular formula is C24H32N2O5S. The number of carbonyl (C=O) groups is 1. The Kier molecular flexibility index (Phi) is 7.79. The fraction of sp³-hybridized carbons (Fsp3) is 0.458. The van der Waals surface area contributed by atoms with Gasteiger partial charge in [-0.3, -0.25) is 4.79 Å². The molecule has 1 N–H and O–H groups in total. The second-order valence-electron chi connectivity index (χ2n) is 8.26. The molecule has 0 unspecified atom stereocenters. The van der Waals surface area contributed by atoms with E-state index in [2.05, 4.69) is 5.32 Å². The van der Waals surface area contributed by atoms with Gasteiger partial charge in [0.05, 0.1) is 26.0 Å². The highest BCUT2D eigenvalue weighted by atomic mass is 32.2. The van der Waals surface area contributed by atoms with Crippen LogP contribution in [0, 0.1) is 12.8 Å². The number of piperidine rings is 1. The lowest BCUT2D eigenvalue weighted by atomic mass is 9.96. The van der Waals surface area contributed by atoms with E-state index in [0.29, 0.717) is 37.4 Å². The topological polar surface area (TPSA) is 84.9 Å². The summed E-state index contributed by atoms with van der Waals surface area (Å²) in [7, 11) is -0.231. The molecule has 1 aliphatic rings. The highest BCUT2D eigenvalue weighted by molar-refractivity contribution is 7.88. The van der Waals surface area contributed by atoms with Crippen LogP contribution in [0.5, 0.6) is 11.5 Å². The highest BCUT2D eigenvalue weighted by Gasteiger charge is 2.32. The molecule has 1 fully saturated rings. The van der Waals surface area contributed by atoms with Crippen molar-refractivity contribution in [3.05, 3.63) is 59.2 Å². The van der Waals surface area contributed by atoms with E-state index in [9.17, 15) is 13.2 Å². The average Bonchev–Trinajstić information content (AvgIpc) is 2.78. The van der Waals surface area contributed by atoms with Gasteiger partial charge in [0.2, 0.25) is 15.9 Å². The summed E-state index contributed by atoms with van der Waals surface area (Å²) in [5.41, 5.74) is 2.65. The molecule has 0 radical (unpaired) electrons. The smallest absolute Gasteiger partial charge is 0.223 e. The maximum absolute atomic E-state index is 12.9. The van der Waals surface area contributed by atoms with E-state index in [1.54, 1.807) is 14.2 Å². The van der Waals surface area contributed by atoms with Crippen molar-refractivity contribution >= 4 is 15.9 Å². The summed E-state index contributed by atoms with van der Waals surface area (Å²) in [4.78, 5) is 12.9. The number of benzene rings is 2. The quantitative estimate of drug-likeness (QED) is 0.652. The molecule has 0 saturated carbocycles. The summed E-state index contributed by atoms with van der Waals surface area (Å²) in [5, 5.41) is 3.05. The van der Waals surface area contributed by atoms with Gasteiger partial charge in [-0.05, 0) is 50.5 Å². The Hall–Kier alpha value is -2.58. The van der Waals surface area contributed by atoms with Crippen molar-refractivity contribution in [1.29, 1.82) is 0 Å². The van der Waals surface area contributed by atoms with Crippen LogP contribution in [-0.4, -0.2) is 45.9 Å². The fourth-order valence-electron chi connectivity index (χ4n) is 4.09. The summed E-state index contributed by atoms with van der Waals surface area (Å²) in [6.45, 7) is 4.55. The summed E-state index contributed by atoms with van der Waals surface area (Å²) in [5.74, 6) is 1.06. The van der Waals surface area contributed by atoms with Crippen molar-refractivity contribution in [2.45, 2.75) is 38.5 Å². The van der Waals surface area contributed by atoms with E-state index >= 15 is 0 Å². The van der Waals surface area contributed by atoms with Crippen molar-refractivity contribution in [2.75, 3.05) is 27.3 Å². The minimum Gasteiger partial charge on any atom is -0.497 e. The second-order valence-corrected chi connectivity index (χ2v) is 10.2. The number of ether oxygens (including phenoxy) is 2. The van der Waals surface area contributed by atoms with Gasteiger partial charge in [-0.1, -0.05) is 29.8 Å². The van der Waals surface area contributed by atoms with Crippen molar-refractivity contribution in [3.63, 3.8) is 0 Å². The van der Waals surface area contributed by atoms with Gasteiger partial charge in [-0.2, -0.15) is 0 Å². The molecule has 7 nitrogen and oxygen atoms in total. The van der Waals surface area contributed by atoms with Crippen LogP contribution in [-0.2, 0) is 20.6 Å². The minimum absolute atomic E-state index is 0.0157. The molecule has 0 spiro atoms. The lowest BCUT2D eigenvalue weighted by Gasteiger charge is -2.31. The number of amides is 1. The molecule has 1 atom stereocenters. The van der Waals surface area contributed by atoms with Crippen LogP contribution in [0.1, 0.15) is 42.5 Å². The van der Waals surface area contributed by atoms with Crippen LogP contribution in [0.3, 0.4) is 0 Å². The molecule has 2 aromatic rings. The first kappa shape index (κ1) is 24.1. The number of carbonyl (C=O) groups excluding carboxylic acids is 1. The third-order valence-electron chi connectivity index (χ3n) is 5.91. The number of aryl methyl sites for hydroxylation is 1. The molecule has 0 bridgehead atoms. The molecular weight excluding hydrogens is 428 g/mol. The third-order valence-corrected chi connectivity index (χ3v) is 7.76. The molecule has 1 saturated heterocycles. The van der Waals surface area contributed by atoms with Crippen LogP contribution < -0.4 is 14.8 Å². The predicted octanol–water partition coefficient (Wildman–Crippen LogP) is 3.43. The Morgan fingerprint density at radius 3 is 2.47 bits per heavy atom. The number of nitrogens with zero attached hydrogens (tertiary/aromatic N) is 1. The van der Waals surface area contributed by atoms with E-state index in [-0.39, 0.29) is 23.6 Å². The van der Waals surface area contributed by atoms with Crippen molar-refractivity contribution in [2.24, 2.45) is 5.92 Å². The summed E-state index contributed by atoms with van der Waals surface area (Å²) >= 11 is 0. The van der Waals surface area contributed by atoms with Gasteiger partial charge in [0.1, 0.15) is 11.5 Å². The van der Waals surface area contributed by atoms with E-state index in [4.69, 9.17) is 9.47 Å². The van der Waals surface area contributed by atoms with Gasteiger partial charge in [-0.25, -0.2) is 12.7 Å². The zero-order valence-electron chi connectivity index (χ0n) is 19.1. The first-order chi connectivity index (χ1) is 15.2. The Balaban J connectivity index is 1.58. The van der Waals surface area contributed by atoms with Crippen molar-refractivity contribution < 1.29 is 22.7 Å². The molecule has 0 aromatic heterocycles. The molecule has 32 heavy (non-hydrogen) atoms. The average molecular weight is 461 g/mol. The highest BCUT2D eigenvalue weighted by Crippen LogP contribution is 2.30. The van der Waals surface area contributed by atoms with E-state index in [0.717, 1.165) is 16.7 Å². The number of hydrogen-bond donors (Lipinski definition) is 1. The fourth-order valence-corrected chi connectivity index (χ4v) is 5.64. The maximum Gasteiger partial charge on any atom is 0.223 e. The molecule has 0 aliphatic carbocycles. The van der Waals surface area contributed by atoms with Gasteiger partial charge >= 0.3 is 0 Å². The first-order valence-electron chi connectivity index (χ1n) is 10.8. The first-order valence-corrected chi connectivity index (χ1v) is 12.4.